The molecule has 8 heteroatoms. The minimum Gasteiger partial charge on any atom is -0.504 e. The van der Waals surface area contributed by atoms with Crippen molar-refractivity contribution in [1.29, 1.82) is 0 Å². The zero-order valence-corrected chi connectivity index (χ0v) is 11.4. The molecule has 1 aromatic heterocycles. The highest BCUT2D eigenvalue weighted by Crippen LogP contribution is 2.29. The van der Waals surface area contributed by atoms with Crippen molar-refractivity contribution in [2.24, 2.45) is 5.10 Å². The van der Waals surface area contributed by atoms with Crippen molar-refractivity contribution in [3.8, 4) is 11.5 Å². The molecule has 0 saturated carbocycles. The van der Waals surface area contributed by atoms with E-state index in [4.69, 9.17) is 4.74 Å². The molecule has 2 rings (SSSR count). The molecule has 0 unspecified atom stereocenters. The molecule has 0 radical (unpaired) electrons. The van der Waals surface area contributed by atoms with Crippen molar-refractivity contribution in [3.63, 3.8) is 0 Å². The third-order valence-electron chi connectivity index (χ3n) is 2.69. The van der Waals surface area contributed by atoms with Crippen LogP contribution in [0.5, 0.6) is 11.5 Å². The number of phenols is 1. The fourth-order valence-electron chi connectivity index (χ4n) is 1.59. The molecule has 0 amide bonds. The van der Waals surface area contributed by atoms with E-state index in [0.717, 1.165) is 12.3 Å². The summed E-state index contributed by atoms with van der Waals surface area (Å²) in [5.74, 6) is 0.454. The smallest absolute Gasteiger partial charge is 0.417 e. The van der Waals surface area contributed by atoms with Crippen molar-refractivity contribution in [2.45, 2.75) is 6.18 Å². The predicted molar refractivity (Wildman–Crippen MR) is 75.1 cm³/mol. The molecule has 0 spiro atoms. The standard InChI is InChI=1S/C14H12F3N3O2/c1-22-12-4-2-9(6-11(12)21)7-19-20-13-5-3-10(8-18-13)14(15,16)17/h2-8,21H,1H3,(H,18,20)/b19-7-. The molecular formula is C14H12F3N3O2. The molecule has 1 aromatic carbocycles. The van der Waals surface area contributed by atoms with E-state index in [2.05, 4.69) is 15.5 Å². The number of phenolic OH excluding ortho intramolecular Hbond substituents is 1. The molecule has 0 aliphatic carbocycles. The first-order chi connectivity index (χ1) is 10.4. The van der Waals surface area contributed by atoms with E-state index in [1.54, 1.807) is 12.1 Å². The number of benzene rings is 1. The number of aromatic hydroxyl groups is 1. The second-order valence-electron chi connectivity index (χ2n) is 4.23. The molecule has 0 aliphatic heterocycles. The van der Waals surface area contributed by atoms with Crippen molar-refractivity contribution < 1.29 is 23.0 Å². The largest absolute Gasteiger partial charge is 0.504 e. The highest BCUT2D eigenvalue weighted by Gasteiger charge is 2.30. The highest BCUT2D eigenvalue weighted by atomic mass is 19.4. The molecule has 0 atom stereocenters. The van der Waals surface area contributed by atoms with E-state index in [1.165, 1.54) is 25.5 Å². The number of hydrogen-bond donors (Lipinski definition) is 2. The predicted octanol–water partition coefficient (Wildman–Crippen LogP) is 3.26. The van der Waals surface area contributed by atoms with E-state index < -0.39 is 11.7 Å². The Morgan fingerprint density at radius 3 is 2.59 bits per heavy atom. The Morgan fingerprint density at radius 2 is 2.05 bits per heavy atom. The Kier molecular flexibility index (Phi) is 4.50. The first-order valence-corrected chi connectivity index (χ1v) is 6.09. The van der Waals surface area contributed by atoms with E-state index in [1.807, 2.05) is 0 Å². The summed E-state index contributed by atoms with van der Waals surface area (Å²) >= 11 is 0. The van der Waals surface area contributed by atoms with Crippen LogP contribution in [0.15, 0.2) is 41.6 Å². The van der Waals surface area contributed by atoms with Gasteiger partial charge in [-0.05, 0) is 35.9 Å². The summed E-state index contributed by atoms with van der Waals surface area (Å²) in [7, 11) is 1.43. The number of aromatic nitrogens is 1. The van der Waals surface area contributed by atoms with Crippen LogP contribution in [0.1, 0.15) is 11.1 Å². The van der Waals surface area contributed by atoms with Gasteiger partial charge < -0.3 is 9.84 Å². The number of methoxy groups -OCH3 is 1. The van der Waals surface area contributed by atoms with Crippen LogP contribution in [0, 0.1) is 0 Å². The van der Waals surface area contributed by atoms with Crippen molar-refractivity contribution in [3.05, 3.63) is 47.7 Å². The molecule has 2 N–H and O–H groups in total. The quantitative estimate of drug-likeness (QED) is 0.672. The summed E-state index contributed by atoms with van der Waals surface area (Å²) in [4.78, 5) is 3.61. The number of nitrogens with one attached hydrogen (secondary N) is 1. The van der Waals surface area contributed by atoms with Gasteiger partial charge in [-0.3, -0.25) is 5.43 Å². The van der Waals surface area contributed by atoms with Crippen molar-refractivity contribution in [2.75, 3.05) is 12.5 Å². The zero-order chi connectivity index (χ0) is 16.2. The molecule has 0 fully saturated rings. The fraction of sp³-hybridized carbons (Fsp3) is 0.143. The van der Waals surface area contributed by atoms with Gasteiger partial charge in [-0.25, -0.2) is 4.98 Å². The fourth-order valence-corrected chi connectivity index (χ4v) is 1.59. The molecule has 1 heterocycles. The second kappa shape index (κ2) is 6.33. The molecule has 22 heavy (non-hydrogen) atoms. The number of pyridine rings is 1. The molecule has 5 nitrogen and oxygen atoms in total. The Morgan fingerprint density at radius 1 is 1.27 bits per heavy atom. The number of alkyl halides is 3. The SMILES string of the molecule is COc1ccc(/C=N\Nc2ccc(C(F)(F)F)cn2)cc1O. The lowest BCUT2D eigenvalue weighted by atomic mass is 10.2. The van der Waals surface area contributed by atoms with Crippen molar-refractivity contribution in [1.82, 2.24) is 4.98 Å². The number of anilines is 1. The summed E-state index contributed by atoms with van der Waals surface area (Å²) in [5, 5.41) is 13.4. The topological polar surface area (TPSA) is 66.7 Å². The Balaban J connectivity index is 2.02. The molecule has 0 bridgehead atoms. The third-order valence-corrected chi connectivity index (χ3v) is 2.69. The number of rotatable bonds is 4. The van der Waals surface area contributed by atoms with Crippen LogP contribution in [0.2, 0.25) is 0 Å². The van der Waals surface area contributed by atoms with E-state index in [-0.39, 0.29) is 11.6 Å². The summed E-state index contributed by atoms with van der Waals surface area (Å²) in [6.07, 6.45) is -2.31. The van der Waals surface area contributed by atoms with Gasteiger partial charge in [-0.1, -0.05) is 0 Å². The van der Waals surface area contributed by atoms with Gasteiger partial charge in [-0.2, -0.15) is 18.3 Å². The highest BCUT2D eigenvalue weighted by molar-refractivity contribution is 5.81. The lowest BCUT2D eigenvalue weighted by molar-refractivity contribution is -0.137. The van der Waals surface area contributed by atoms with Crippen molar-refractivity contribution >= 4 is 12.0 Å². The average Bonchev–Trinajstić information content (AvgIpc) is 2.47. The van der Waals surface area contributed by atoms with E-state index in [0.29, 0.717) is 11.3 Å². The number of hydrogen-bond acceptors (Lipinski definition) is 5. The summed E-state index contributed by atoms with van der Waals surface area (Å²) in [5.41, 5.74) is 2.25. The Hall–Kier alpha value is -2.77. The normalized spacial score (nSPS) is 11.6. The first kappa shape index (κ1) is 15.6. The van der Waals surface area contributed by atoms with E-state index >= 15 is 0 Å². The minimum atomic E-state index is -4.42. The summed E-state index contributed by atoms with van der Waals surface area (Å²) < 4.78 is 42.0. The maximum Gasteiger partial charge on any atom is 0.417 e. The van der Waals surface area contributed by atoms with Crippen LogP contribution in [-0.2, 0) is 6.18 Å². The van der Waals surface area contributed by atoms with Crippen LogP contribution in [0.3, 0.4) is 0 Å². The summed E-state index contributed by atoms with van der Waals surface area (Å²) in [6.45, 7) is 0. The summed E-state index contributed by atoms with van der Waals surface area (Å²) in [6, 6.07) is 6.73. The van der Waals surface area contributed by atoms with Gasteiger partial charge in [0.1, 0.15) is 5.82 Å². The zero-order valence-electron chi connectivity index (χ0n) is 11.4. The Bertz CT molecular complexity index is 670. The van der Waals surface area contributed by atoms with Crippen LogP contribution >= 0.6 is 0 Å². The number of nitrogens with zero attached hydrogens (tertiary/aromatic N) is 2. The van der Waals surface area contributed by atoms with E-state index in [9.17, 15) is 18.3 Å². The molecule has 0 saturated heterocycles. The maximum atomic E-state index is 12.4. The van der Waals surface area contributed by atoms with Gasteiger partial charge in [0, 0.05) is 6.20 Å². The number of hydrazone groups is 1. The van der Waals surface area contributed by atoms with Crippen LogP contribution in [0.25, 0.3) is 0 Å². The third kappa shape index (κ3) is 3.87. The monoisotopic (exact) mass is 311 g/mol. The average molecular weight is 311 g/mol. The van der Waals surface area contributed by atoms with Gasteiger partial charge in [-0.15, -0.1) is 0 Å². The molecule has 2 aromatic rings. The second-order valence-corrected chi connectivity index (χ2v) is 4.23. The molecule has 0 aliphatic rings. The number of ether oxygens (including phenoxy) is 1. The van der Waals surface area contributed by atoms with Gasteiger partial charge in [0.15, 0.2) is 11.5 Å². The lowest BCUT2D eigenvalue weighted by Crippen LogP contribution is -2.05. The van der Waals surface area contributed by atoms with Crippen LogP contribution in [0.4, 0.5) is 19.0 Å². The van der Waals surface area contributed by atoms with Crippen LogP contribution in [-0.4, -0.2) is 23.4 Å². The van der Waals surface area contributed by atoms with Gasteiger partial charge in [0.2, 0.25) is 0 Å². The molecule has 116 valence electrons. The Labute approximate surface area is 124 Å². The van der Waals surface area contributed by atoms with Crippen LogP contribution < -0.4 is 10.2 Å². The van der Waals surface area contributed by atoms with Gasteiger partial charge in [0.25, 0.3) is 0 Å². The first-order valence-electron chi connectivity index (χ1n) is 6.09. The maximum absolute atomic E-state index is 12.4. The molecular weight excluding hydrogens is 299 g/mol. The van der Waals surface area contributed by atoms with Gasteiger partial charge in [0.05, 0.1) is 18.9 Å². The lowest BCUT2D eigenvalue weighted by Gasteiger charge is -2.06. The van der Waals surface area contributed by atoms with Gasteiger partial charge >= 0.3 is 6.18 Å². The number of halogens is 3. The minimum absolute atomic E-state index is 0.0425.